The van der Waals surface area contributed by atoms with Gasteiger partial charge in [-0.25, -0.2) is 0 Å². The molecule has 0 bridgehead atoms. The highest BCUT2D eigenvalue weighted by Crippen LogP contribution is 2.44. The third kappa shape index (κ3) is 8.28. The molecule has 1 aliphatic heterocycles. The maximum absolute atomic E-state index is 11.9. The molecule has 1 fully saturated rings. The average Bonchev–Trinajstić information content (AvgIpc) is 3.67. The molecule has 45 heavy (non-hydrogen) atoms. The number of anilines is 2. The quantitative estimate of drug-likeness (QED) is 0.102. The minimum Gasteiger partial charge on any atom is -0.491 e. The Morgan fingerprint density at radius 1 is 1.02 bits per heavy atom. The summed E-state index contributed by atoms with van der Waals surface area (Å²) in [5, 5.41) is 20.0. The maximum Gasteiger partial charge on any atom is 0.242 e. The van der Waals surface area contributed by atoms with Gasteiger partial charge in [0.25, 0.3) is 0 Å². The number of nitrogens with one attached hydrogen (secondary N) is 2. The molecule has 1 aromatic heterocycles. The molecule has 2 amide bonds. The van der Waals surface area contributed by atoms with Gasteiger partial charge < -0.3 is 34.1 Å². The number of H-pyrrole nitrogens is 1. The van der Waals surface area contributed by atoms with Gasteiger partial charge in [0.2, 0.25) is 11.8 Å². The van der Waals surface area contributed by atoms with E-state index < -0.39 is 0 Å². The number of aliphatic hydroxyl groups is 1. The number of amides is 2. The second-order valence-corrected chi connectivity index (χ2v) is 11.8. The van der Waals surface area contributed by atoms with Crippen LogP contribution in [0.2, 0.25) is 0 Å². The summed E-state index contributed by atoms with van der Waals surface area (Å²) in [6, 6.07) is 11.7. The lowest BCUT2D eigenvalue weighted by molar-refractivity contribution is -0.136. The normalized spacial score (nSPS) is 15.4. The minimum atomic E-state index is -0.294. The lowest BCUT2D eigenvalue weighted by atomic mass is 10.1. The maximum atomic E-state index is 11.9. The largest absolute Gasteiger partial charge is 0.491 e. The van der Waals surface area contributed by atoms with Gasteiger partial charge in [-0.3, -0.25) is 19.6 Å². The van der Waals surface area contributed by atoms with Crippen molar-refractivity contribution in [1.29, 1.82) is 0 Å². The average molecular weight is 641 g/mol. The molecule has 3 aromatic rings. The van der Waals surface area contributed by atoms with E-state index in [1.807, 2.05) is 43.3 Å². The number of carbonyl (C=O) groups excluding carboxylic acids is 2. The number of thioether (sulfide) groups is 1. The van der Waals surface area contributed by atoms with Crippen molar-refractivity contribution < 1.29 is 38.4 Å². The third-order valence-corrected chi connectivity index (χ3v) is 8.56. The van der Waals surface area contributed by atoms with Gasteiger partial charge in [-0.2, -0.15) is 5.10 Å². The van der Waals surface area contributed by atoms with E-state index in [0.29, 0.717) is 82.1 Å². The second-order valence-electron chi connectivity index (χ2n) is 10.5. The van der Waals surface area contributed by atoms with Crippen LogP contribution in [0.4, 0.5) is 11.5 Å². The lowest BCUT2D eigenvalue weighted by Crippen LogP contribution is -2.26. The van der Waals surface area contributed by atoms with Crippen LogP contribution >= 0.6 is 11.8 Å². The van der Waals surface area contributed by atoms with Gasteiger partial charge in [-0.05, 0) is 36.8 Å². The molecule has 13 heteroatoms. The van der Waals surface area contributed by atoms with E-state index in [1.165, 1.54) is 23.7 Å². The number of rotatable bonds is 19. The van der Waals surface area contributed by atoms with E-state index in [0.717, 1.165) is 33.9 Å². The molecule has 1 saturated heterocycles. The first kappa shape index (κ1) is 32.6. The van der Waals surface area contributed by atoms with Gasteiger partial charge in [-0.1, -0.05) is 6.07 Å². The van der Waals surface area contributed by atoms with Crippen LogP contribution in [0.15, 0.2) is 36.4 Å². The molecule has 0 radical (unpaired) electrons. The summed E-state index contributed by atoms with van der Waals surface area (Å²) in [6.45, 7) is 5.14. The fourth-order valence-electron chi connectivity index (χ4n) is 5.10. The van der Waals surface area contributed by atoms with Crippen LogP contribution in [0.3, 0.4) is 0 Å². The van der Waals surface area contributed by atoms with Gasteiger partial charge in [0.1, 0.15) is 12.4 Å². The Morgan fingerprint density at radius 2 is 1.82 bits per heavy atom. The van der Waals surface area contributed by atoms with Gasteiger partial charge >= 0.3 is 0 Å². The standard InChI is InChI=1S/C32H40N4O8S/c1-3-42-26-17-21-16-25-30(24(21)19-27(26)44-9-5-8-37)34-35-31(25)33-22-6-4-7-23(18-22)43-13-12-40-10-11-41-14-15-45-28-20-29(38)36(2)32(28)39/h4,6-7,17-19,28,37H,3,5,8-16,20H2,1-2H3,(H2,33,34,35). The van der Waals surface area contributed by atoms with Gasteiger partial charge in [-0.15, -0.1) is 11.8 Å². The zero-order valence-electron chi connectivity index (χ0n) is 25.6. The van der Waals surface area contributed by atoms with Crippen LogP contribution in [0, 0.1) is 0 Å². The van der Waals surface area contributed by atoms with Crippen LogP contribution in [0.1, 0.15) is 30.9 Å². The number of likely N-dealkylation sites (tertiary alicyclic amines) is 1. The topological polar surface area (TPSA) is 144 Å². The molecular weight excluding hydrogens is 600 g/mol. The fraction of sp³-hybridized carbons (Fsp3) is 0.469. The van der Waals surface area contributed by atoms with Crippen molar-refractivity contribution in [2.24, 2.45) is 0 Å². The first-order chi connectivity index (χ1) is 22.0. The molecule has 1 atom stereocenters. The number of ether oxygens (including phenoxy) is 5. The monoisotopic (exact) mass is 640 g/mol. The van der Waals surface area contributed by atoms with Crippen molar-refractivity contribution in [3.05, 3.63) is 47.5 Å². The van der Waals surface area contributed by atoms with E-state index in [9.17, 15) is 9.59 Å². The Balaban J connectivity index is 1.03. The summed E-state index contributed by atoms with van der Waals surface area (Å²) in [6.07, 6.45) is 1.52. The number of nitrogens with zero attached hydrogens (tertiary/aromatic N) is 2. The van der Waals surface area contributed by atoms with E-state index in [1.54, 1.807) is 0 Å². The van der Waals surface area contributed by atoms with Gasteiger partial charge in [0, 0.05) is 61.6 Å². The highest BCUT2D eigenvalue weighted by molar-refractivity contribution is 8.00. The Hall–Kier alpha value is -3.78. The number of aromatic amines is 1. The van der Waals surface area contributed by atoms with Crippen molar-refractivity contribution in [2.75, 3.05) is 71.0 Å². The SMILES string of the molecule is CCOc1cc2c(cc1OCCCO)-c1[nH]nc(Nc3cccc(OCCOCCOCCSC4CC(=O)N(C)C4=O)c3)c1C2. The summed E-state index contributed by atoms with van der Waals surface area (Å²) in [7, 11) is 1.52. The number of benzene rings is 2. The number of aliphatic hydroxyl groups excluding tert-OH is 1. The summed E-state index contributed by atoms with van der Waals surface area (Å²) in [4.78, 5) is 24.7. The minimum absolute atomic E-state index is 0.0707. The summed E-state index contributed by atoms with van der Waals surface area (Å²) in [5.74, 6) is 3.21. The summed E-state index contributed by atoms with van der Waals surface area (Å²) >= 11 is 1.46. The number of carbonyl (C=O) groups is 2. The van der Waals surface area contributed by atoms with Crippen molar-refractivity contribution in [1.82, 2.24) is 15.1 Å². The van der Waals surface area contributed by atoms with Crippen LogP contribution in [-0.4, -0.2) is 103 Å². The molecule has 5 rings (SSSR count). The van der Waals surface area contributed by atoms with Gasteiger partial charge in [0.15, 0.2) is 17.3 Å². The molecule has 2 aromatic carbocycles. The zero-order chi connectivity index (χ0) is 31.6. The highest BCUT2D eigenvalue weighted by atomic mass is 32.2. The van der Waals surface area contributed by atoms with E-state index in [-0.39, 0.29) is 30.1 Å². The van der Waals surface area contributed by atoms with E-state index >= 15 is 0 Å². The molecule has 242 valence electrons. The number of aromatic nitrogens is 2. The Bertz CT molecular complexity index is 1460. The molecule has 1 unspecified atom stereocenters. The molecule has 3 N–H and O–H groups in total. The van der Waals surface area contributed by atoms with Crippen LogP contribution in [0.25, 0.3) is 11.3 Å². The van der Waals surface area contributed by atoms with Crippen LogP contribution in [-0.2, 0) is 25.5 Å². The molecule has 1 aliphatic carbocycles. The fourth-order valence-corrected chi connectivity index (χ4v) is 6.16. The van der Waals surface area contributed by atoms with Crippen LogP contribution in [0.5, 0.6) is 17.2 Å². The van der Waals surface area contributed by atoms with E-state index in [2.05, 4.69) is 15.5 Å². The molecule has 2 heterocycles. The Morgan fingerprint density at radius 3 is 2.60 bits per heavy atom. The first-order valence-electron chi connectivity index (χ1n) is 15.2. The number of hydrogen-bond acceptors (Lipinski definition) is 11. The van der Waals surface area contributed by atoms with Gasteiger partial charge in [0.05, 0.1) is 50.6 Å². The number of imide groups is 1. The molecule has 12 nitrogen and oxygen atoms in total. The zero-order valence-corrected chi connectivity index (χ0v) is 26.5. The molecule has 0 saturated carbocycles. The predicted molar refractivity (Wildman–Crippen MR) is 171 cm³/mol. The molecule has 2 aliphatic rings. The Kier molecular flexibility index (Phi) is 11.6. The third-order valence-electron chi connectivity index (χ3n) is 7.39. The predicted octanol–water partition coefficient (Wildman–Crippen LogP) is 3.79. The summed E-state index contributed by atoms with van der Waals surface area (Å²) in [5.41, 5.74) is 5.02. The van der Waals surface area contributed by atoms with Crippen LogP contribution < -0.4 is 19.5 Å². The number of fused-ring (bicyclic) bond motifs is 3. The summed E-state index contributed by atoms with van der Waals surface area (Å²) < 4.78 is 28.8. The van der Waals surface area contributed by atoms with Crippen molar-refractivity contribution in [2.45, 2.75) is 31.4 Å². The molecule has 0 spiro atoms. The Labute approximate surface area is 266 Å². The van der Waals surface area contributed by atoms with Crippen molar-refractivity contribution in [3.8, 4) is 28.5 Å². The first-order valence-corrected chi connectivity index (χ1v) is 16.2. The van der Waals surface area contributed by atoms with Crippen molar-refractivity contribution >= 4 is 35.1 Å². The van der Waals surface area contributed by atoms with E-state index in [4.69, 9.17) is 28.8 Å². The second kappa shape index (κ2) is 16.0. The lowest BCUT2D eigenvalue weighted by Gasteiger charge is -2.14. The van der Waals surface area contributed by atoms with Crippen molar-refractivity contribution in [3.63, 3.8) is 0 Å². The highest BCUT2D eigenvalue weighted by Gasteiger charge is 2.36. The number of hydrogen-bond donors (Lipinski definition) is 3. The molecular formula is C32H40N4O8S. The smallest absolute Gasteiger partial charge is 0.242 e.